The number of hydrogen-bond donors (Lipinski definition) is 2. The van der Waals surface area contributed by atoms with E-state index in [1.165, 1.54) is 0 Å². The average Bonchev–Trinajstić information content (AvgIpc) is 2.40. The number of aliphatic hydroxyl groups is 1. The molecule has 1 atom stereocenters. The lowest BCUT2D eigenvalue weighted by Gasteiger charge is -2.32. The number of hydrogen-bond acceptors (Lipinski definition) is 3. The predicted octanol–water partition coefficient (Wildman–Crippen LogP) is 1.39. The lowest BCUT2D eigenvalue weighted by molar-refractivity contribution is 0.0904. The van der Waals surface area contributed by atoms with E-state index in [2.05, 4.69) is 4.90 Å². The number of likely N-dealkylation sites (tertiary alicyclic amines) is 1. The van der Waals surface area contributed by atoms with Gasteiger partial charge in [-0.15, -0.1) is 0 Å². The minimum Gasteiger partial charge on any atom is -0.387 e. The Balaban J connectivity index is 1.82. The fourth-order valence-electron chi connectivity index (χ4n) is 2.43. The van der Waals surface area contributed by atoms with E-state index in [9.17, 15) is 5.11 Å². The molecule has 1 aromatic rings. The van der Waals surface area contributed by atoms with Gasteiger partial charge in [-0.2, -0.15) is 0 Å². The summed E-state index contributed by atoms with van der Waals surface area (Å²) in [6.45, 7) is 3.66. The maximum atomic E-state index is 10.1. The van der Waals surface area contributed by atoms with Crippen LogP contribution in [0.25, 0.3) is 0 Å². The van der Waals surface area contributed by atoms with Crippen LogP contribution >= 0.6 is 0 Å². The van der Waals surface area contributed by atoms with E-state index in [-0.39, 0.29) is 6.10 Å². The Kier molecular flexibility index (Phi) is 4.54. The molecule has 3 nitrogen and oxygen atoms in total. The van der Waals surface area contributed by atoms with Crippen molar-refractivity contribution in [2.75, 3.05) is 26.2 Å². The number of piperidine rings is 1. The van der Waals surface area contributed by atoms with Gasteiger partial charge in [0.15, 0.2) is 0 Å². The molecule has 3 N–H and O–H groups in total. The molecular formula is C14H22N2O. The van der Waals surface area contributed by atoms with Crippen LogP contribution in [0.5, 0.6) is 0 Å². The summed E-state index contributed by atoms with van der Waals surface area (Å²) in [4.78, 5) is 2.34. The highest BCUT2D eigenvalue weighted by atomic mass is 16.3. The van der Waals surface area contributed by atoms with E-state index in [0.717, 1.165) is 44.6 Å². The van der Waals surface area contributed by atoms with Crippen molar-refractivity contribution in [1.82, 2.24) is 4.90 Å². The first-order valence-electron chi connectivity index (χ1n) is 6.45. The summed E-state index contributed by atoms with van der Waals surface area (Å²) >= 11 is 0. The molecule has 0 bridgehead atoms. The zero-order chi connectivity index (χ0) is 12.1. The summed E-state index contributed by atoms with van der Waals surface area (Å²) in [5.74, 6) is 0.681. The van der Waals surface area contributed by atoms with Gasteiger partial charge in [0.25, 0.3) is 0 Å². The lowest BCUT2D eigenvalue weighted by Crippen LogP contribution is -2.38. The van der Waals surface area contributed by atoms with Gasteiger partial charge in [-0.3, -0.25) is 0 Å². The molecule has 0 unspecified atom stereocenters. The molecule has 1 aliphatic rings. The monoisotopic (exact) mass is 234 g/mol. The van der Waals surface area contributed by atoms with Crippen molar-refractivity contribution in [3.63, 3.8) is 0 Å². The van der Waals surface area contributed by atoms with Crippen LogP contribution in [0.4, 0.5) is 0 Å². The van der Waals surface area contributed by atoms with E-state index in [1.54, 1.807) is 0 Å². The molecule has 0 radical (unpaired) electrons. The van der Waals surface area contributed by atoms with Crippen molar-refractivity contribution in [2.24, 2.45) is 11.7 Å². The van der Waals surface area contributed by atoms with Crippen molar-refractivity contribution < 1.29 is 5.11 Å². The molecule has 1 aliphatic heterocycles. The molecule has 0 amide bonds. The van der Waals surface area contributed by atoms with Crippen LogP contribution in [-0.4, -0.2) is 36.2 Å². The van der Waals surface area contributed by atoms with Gasteiger partial charge in [0.05, 0.1) is 6.10 Å². The van der Waals surface area contributed by atoms with Crippen molar-refractivity contribution in [2.45, 2.75) is 18.9 Å². The third-order valence-corrected chi connectivity index (χ3v) is 3.66. The Morgan fingerprint density at radius 2 is 1.88 bits per heavy atom. The van der Waals surface area contributed by atoms with Gasteiger partial charge in [0.1, 0.15) is 0 Å². The normalized spacial score (nSPS) is 20.4. The number of nitrogens with two attached hydrogens (primary N) is 1. The van der Waals surface area contributed by atoms with Crippen LogP contribution in [0.1, 0.15) is 24.5 Å². The highest BCUT2D eigenvalue weighted by Crippen LogP contribution is 2.19. The van der Waals surface area contributed by atoms with Crippen LogP contribution < -0.4 is 5.73 Å². The van der Waals surface area contributed by atoms with Crippen molar-refractivity contribution in [3.05, 3.63) is 35.9 Å². The van der Waals surface area contributed by atoms with Crippen molar-refractivity contribution in [3.8, 4) is 0 Å². The largest absolute Gasteiger partial charge is 0.387 e. The molecule has 1 aromatic carbocycles. The first kappa shape index (κ1) is 12.6. The van der Waals surface area contributed by atoms with Gasteiger partial charge in [-0.05, 0) is 44.0 Å². The Bertz CT molecular complexity index is 320. The molecule has 1 fully saturated rings. The van der Waals surface area contributed by atoms with E-state index >= 15 is 0 Å². The zero-order valence-corrected chi connectivity index (χ0v) is 10.3. The molecule has 94 valence electrons. The maximum absolute atomic E-state index is 10.1. The third kappa shape index (κ3) is 3.53. The summed E-state index contributed by atoms with van der Waals surface area (Å²) in [5, 5.41) is 10.1. The van der Waals surface area contributed by atoms with Gasteiger partial charge in [-0.1, -0.05) is 30.3 Å². The minimum absolute atomic E-state index is 0.370. The predicted molar refractivity (Wildman–Crippen MR) is 69.6 cm³/mol. The number of β-amino-alcohol motifs (C(OH)–C–C–N with tert-alkyl or cyclic N) is 1. The Labute approximate surface area is 103 Å². The Hall–Kier alpha value is -0.900. The second-order valence-electron chi connectivity index (χ2n) is 4.91. The SMILES string of the molecule is NCC1CCN(C[C@@H](O)c2ccccc2)CC1. The van der Waals surface area contributed by atoms with E-state index < -0.39 is 0 Å². The van der Waals surface area contributed by atoms with Crippen molar-refractivity contribution in [1.29, 1.82) is 0 Å². The summed E-state index contributed by atoms with van der Waals surface area (Å²) < 4.78 is 0. The van der Waals surface area contributed by atoms with Crippen LogP contribution in [0.3, 0.4) is 0 Å². The topological polar surface area (TPSA) is 49.5 Å². The number of benzene rings is 1. The zero-order valence-electron chi connectivity index (χ0n) is 10.3. The van der Waals surface area contributed by atoms with E-state index in [4.69, 9.17) is 5.73 Å². The van der Waals surface area contributed by atoms with Crippen LogP contribution in [0.15, 0.2) is 30.3 Å². The van der Waals surface area contributed by atoms with Crippen LogP contribution in [0.2, 0.25) is 0 Å². The van der Waals surface area contributed by atoms with E-state index in [1.807, 2.05) is 30.3 Å². The molecule has 1 saturated heterocycles. The molecule has 3 heteroatoms. The first-order chi connectivity index (χ1) is 8.29. The van der Waals surface area contributed by atoms with Gasteiger partial charge >= 0.3 is 0 Å². The molecule has 2 rings (SSSR count). The molecule has 0 spiro atoms. The van der Waals surface area contributed by atoms with Gasteiger partial charge in [0, 0.05) is 6.54 Å². The quantitative estimate of drug-likeness (QED) is 0.827. The average molecular weight is 234 g/mol. The highest BCUT2D eigenvalue weighted by molar-refractivity contribution is 5.17. The maximum Gasteiger partial charge on any atom is 0.0916 e. The Morgan fingerprint density at radius 1 is 1.24 bits per heavy atom. The Morgan fingerprint density at radius 3 is 2.47 bits per heavy atom. The van der Waals surface area contributed by atoms with Gasteiger partial charge in [0.2, 0.25) is 0 Å². The molecule has 17 heavy (non-hydrogen) atoms. The highest BCUT2D eigenvalue weighted by Gasteiger charge is 2.20. The number of nitrogens with zero attached hydrogens (tertiary/aromatic N) is 1. The molecule has 0 aromatic heterocycles. The van der Waals surface area contributed by atoms with Crippen LogP contribution in [0, 0.1) is 5.92 Å². The lowest BCUT2D eigenvalue weighted by atomic mass is 9.96. The van der Waals surface area contributed by atoms with Crippen molar-refractivity contribution >= 4 is 0 Å². The van der Waals surface area contributed by atoms with E-state index in [0.29, 0.717) is 5.92 Å². The summed E-state index contributed by atoms with van der Waals surface area (Å²) in [7, 11) is 0. The van der Waals surface area contributed by atoms with Gasteiger partial charge in [-0.25, -0.2) is 0 Å². The third-order valence-electron chi connectivity index (χ3n) is 3.66. The molecule has 1 heterocycles. The number of aliphatic hydroxyl groups excluding tert-OH is 1. The fraction of sp³-hybridized carbons (Fsp3) is 0.571. The first-order valence-corrected chi connectivity index (χ1v) is 6.45. The van der Waals surface area contributed by atoms with Crippen LogP contribution in [-0.2, 0) is 0 Å². The minimum atomic E-state index is -0.370. The molecule has 0 aliphatic carbocycles. The second kappa shape index (κ2) is 6.15. The summed E-state index contributed by atoms with van der Waals surface area (Å²) in [6.07, 6.45) is 1.96. The standard InChI is InChI=1S/C14H22N2O/c15-10-12-6-8-16(9-7-12)11-14(17)13-4-2-1-3-5-13/h1-5,12,14,17H,6-11,15H2/t14-/m1/s1. The summed E-state index contributed by atoms with van der Waals surface area (Å²) in [5.41, 5.74) is 6.68. The second-order valence-corrected chi connectivity index (χ2v) is 4.91. The van der Waals surface area contributed by atoms with Gasteiger partial charge < -0.3 is 15.7 Å². The smallest absolute Gasteiger partial charge is 0.0916 e. The molecular weight excluding hydrogens is 212 g/mol. The summed E-state index contributed by atoms with van der Waals surface area (Å²) in [6, 6.07) is 9.88. The molecule has 0 saturated carbocycles. The fourth-order valence-corrected chi connectivity index (χ4v) is 2.43. The number of rotatable bonds is 4.